The van der Waals surface area contributed by atoms with Crippen LogP contribution in [0.15, 0.2) is 64.8 Å². The van der Waals surface area contributed by atoms with E-state index in [0.29, 0.717) is 16.4 Å². The molecule has 0 fully saturated rings. The van der Waals surface area contributed by atoms with Gasteiger partial charge in [0.05, 0.1) is 22.8 Å². The number of rotatable bonds is 5. The molecule has 0 heterocycles. The standard InChI is InChI=1S/C15H14N4OS/c16-14(20)10-15(21)17-12-8-4-5-9-13(12)19-18-11-6-2-1-3-7-11/h1-9H,10H2,(H2,16,20)(H,17,21). The number of hydrogen-bond acceptors (Lipinski definition) is 4. The van der Waals surface area contributed by atoms with Crippen molar-refractivity contribution in [3.63, 3.8) is 0 Å². The van der Waals surface area contributed by atoms with Crippen LogP contribution in [-0.4, -0.2) is 10.9 Å². The maximum Gasteiger partial charge on any atom is 0.224 e. The predicted octanol–water partition coefficient (Wildman–Crippen LogP) is 3.72. The number of amides is 1. The molecule has 0 aromatic heterocycles. The van der Waals surface area contributed by atoms with E-state index in [1.54, 1.807) is 0 Å². The van der Waals surface area contributed by atoms with Crippen LogP contribution in [0.4, 0.5) is 17.1 Å². The van der Waals surface area contributed by atoms with Gasteiger partial charge in [-0.25, -0.2) is 0 Å². The highest BCUT2D eigenvalue weighted by Crippen LogP contribution is 2.26. The van der Waals surface area contributed by atoms with Crippen LogP contribution >= 0.6 is 12.2 Å². The van der Waals surface area contributed by atoms with Gasteiger partial charge in [0, 0.05) is 0 Å². The SMILES string of the molecule is NC(=O)CC(=S)Nc1ccccc1N=Nc1ccccc1. The minimum atomic E-state index is -0.476. The lowest BCUT2D eigenvalue weighted by Crippen LogP contribution is -2.20. The Bertz CT molecular complexity index is 670. The largest absolute Gasteiger partial charge is 0.369 e. The minimum absolute atomic E-state index is 0.000500. The van der Waals surface area contributed by atoms with E-state index in [1.165, 1.54) is 0 Å². The summed E-state index contributed by atoms with van der Waals surface area (Å²) in [6, 6.07) is 16.7. The summed E-state index contributed by atoms with van der Waals surface area (Å²) in [7, 11) is 0. The summed E-state index contributed by atoms with van der Waals surface area (Å²) >= 11 is 5.07. The Morgan fingerprint density at radius 3 is 2.43 bits per heavy atom. The molecule has 1 amide bonds. The number of thiocarbonyl (C=S) groups is 1. The Morgan fingerprint density at radius 1 is 1.05 bits per heavy atom. The number of para-hydroxylation sites is 1. The topological polar surface area (TPSA) is 79.8 Å². The molecule has 0 bridgehead atoms. The van der Waals surface area contributed by atoms with Crippen molar-refractivity contribution in [1.29, 1.82) is 0 Å². The summed E-state index contributed by atoms with van der Waals surface area (Å²) < 4.78 is 0. The molecule has 2 aromatic rings. The molecule has 0 saturated heterocycles. The fourth-order valence-electron chi connectivity index (χ4n) is 1.63. The Hall–Kier alpha value is -2.60. The Labute approximate surface area is 127 Å². The minimum Gasteiger partial charge on any atom is -0.369 e. The molecule has 106 valence electrons. The maximum atomic E-state index is 10.8. The molecule has 0 radical (unpaired) electrons. The van der Waals surface area contributed by atoms with Gasteiger partial charge in [-0.1, -0.05) is 42.5 Å². The molecule has 0 unspecified atom stereocenters. The zero-order chi connectivity index (χ0) is 15.1. The molecule has 0 spiro atoms. The van der Waals surface area contributed by atoms with Crippen LogP contribution in [0.1, 0.15) is 6.42 Å². The second-order valence-electron chi connectivity index (χ2n) is 4.24. The second-order valence-corrected chi connectivity index (χ2v) is 4.74. The Morgan fingerprint density at radius 2 is 1.71 bits per heavy atom. The van der Waals surface area contributed by atoms with E-state index < -0.39 is 5.91 Å². The van der Waals surface area contributed by atoms with Crippen molar-refractivity contribution >= 4 is 40.2 Å². The number of nitrogens with one attached hydrogen (secondary N) is 1. The van der Waals surface area contributed by atoms with Gasteiger partial charge >= 0.3 is 0 Å². The first-order valence-corrected chi connectivity index (χ1v) is 6.70. The van der Waals surface area contributed by atoms with Crippen LogP contribution < -0.4 is 11.1 Å². The first-order chi connectivity index (χ1) is 10.1. The van der Waals surface area contributed by atoms with Gasteiger partial charge in [0.25, 0.3) is 0 Å². The number of carbonyl (C=O) groups excluding carboxylic acids is 1. The lowest BCUT2D eigenvalue weighted by atomic mass is 10.2. The van der Waals surface area contributed by atoms with Crippen LogP contribution in [-0.2, 0) is 4.79 Å². The van der Waals surface area contributed by atoms with Crippen molar-refractivity contribution in [1.82, 2.24) is 0 Å². The van der Waals surface area contributed by atoms with Crippen LogP contribution in [0.25, 0.3) is 0 Å². The van der Waals surface area contributed by atoms with Crippen molar-refractivity contribution in [2.75, 3.05) is 5.32 Å². The number of carbonyl (C=O) groups is 1. The summed E-state index contributed by atoms with van der Waals surface area (Å²) in [6.07, 6.45) is -0.000500. The highest BCUT2D eigenvalue weighted by molar-refractivity contribution is 7.80. The first kappa shape index (κ1) is 14.8. The van der Waals surface area contributed by atoms with Crippen molar-refractivity contribution in [2.24, 2.45) is 16.0 Å². The summed E-state index contributed by atoms with van der Waals surface area (Å²) in [5, 5.41) is 11.3. The van der Waals surface area contributed by atoms with Crippen molar-refractivity contribution < 1.29 is 4.79 Å². The molecule has 0 saturated carbocycles. The van der Waals surface area contributed by atoms with Crippen LogP contribution in [0.2, 0.25) is 0 Å². The number of nitrogens with zero attached hydrogens (tertiary/aromatic N) is 2. The van der Waals surface area contributed by atoms with Gasteiger partial charge in [0.1, 0.15) is 5.69 Å². The number of azo groups is 1. The fourth-order valence-corrected chi connectivity index (χ4v) is 1.88. The molecule has 21 heavy (non-hydrogen) atoms. The lowest BCUT2D eigenvalue weighted by molar-refractivity contribution is -0.116. The third kappa shape index (κ3) is 4.77. The smallest absolute Gasteiger partial charge is 0.224 e. The van der Waals surface area contributed by atoms with Crippen molar-refractivity contribution in [3.05, 3.63) is 54.6 Å². The Kier molecular flexibility index (Phi) is 5.11. The van der Waals surface area contributed by atoms with E-state index in [-0.39, 0.29) is 6.42 Å². The van der Waals surface area contributed by atoms with E-state index in [0.717, 1.165) is 5.69 Å². The predicted molar refractivity (Wildman–Crippen MR) is 87.1 cm³/mol. The average Bonchev–Trinajstić information content (AvgIpc) is 2.46. The van der Waals surface area contributed by atoms with Crippen molar-refractivity contribution in [3.8, 4) is 0 Å². The Balaban J connectivity index is 2.15. The molecule has 0 aliphatic rings. The van der Waals surface area contributed by atoms with Gasteiger partial charge < -0.3 is 11.1 Å². The van der Waals surface area contributed by atoms with Gasteiger partial charge in [-0.15, -0.1) is 5.11 Å². The zero-order valence-corrected chi connectivity index (χ0v) is 12.0. The quantitative estimate of drug-likeness (QED) is 0.652. The first-order valence-electron chi connectivity index (χ1n) is 6.29. The number of nitrogens with two attached hydrogens (primary N) is 1. The van der Waals surface area contributed by atoms with Gasteiger partial charge in [0.15, 0.2) is 0 Å². The van der Waals surface area contributed by atoms with Crippen LogP contribution in [0.3, 0.4) is 0 Å². The highest BCUT2D eigenvalue weighted by Gasteiger charge is 2.05. The summed E-state index contributed by atoms with van der Waals surface area (Å²) in [6.45, 7) is 0. The number of hydrogen-bond donors (Lipinski definition) is 2. The summed E-state index contributed by atoms with van der Waals surface area (Å²) in [5.74, 6) is -0.476. The monoisotopic (exact) mass is 298 g/mol. The molecule has 0 aliphatic carbocycles. The molecular formula is C15H14N4OS. The molecular weight excluding hydrogens is 284 g/mol. The number of primary amides is 1. The molecule has 2 rings (SSSR count). The molecule has 3 N–H and O–H groups in total. The van der Waals surface area contributed by atoms with E-state index >= 15 is 0 Å². The van der Waals surface area contributed by atoms with E-state index in [1.807, 2.05) is 54.6 Å². The second kappa shape index (κ2) is 7.25. The zero-order valence-electron chi connectivity index (χ0n) is 11.2. The average molecular weight is 298 g/mol. The van der Waals surface area contributed by atoms with Gasteiger partial charge in [-0.05, 0) is 24.3 Å². The van der Waals surface area contributed by atoms with E-state index in [2.05, 4.69) is 15.5 Å². The maximum absolute atomic E-state index is 10.8. The van der Waals surface area contributed by atoms with Crippen molar-refractivity contribution in [2.45, 2.75) is 6.42 Å². The van der Waals surface area contributed by atoms with Gasteiger partial charge in [-0.3, -0.25) is 4.79 Å². The lowest BCUT2D eigenvalue weighted by Gasteiger charge is -2.08. The molecule has 0 aliphatic heterocycles. The molecule has 5 nitrogen and oxygen atoms in total. The van der Waals surface area contributed by atoms with Crippen LogP contribution in [0, 0.1) is 0 Å². The van der Waals surface area contributed by atoms with E-state index in [9.17, 15) is 4.79 Å². The molecule has 6 heteroatoms. The number of anilines is 1. The number of benzene rings is 2. The summed E-state index contributed by atoms with van der Waals surface area (Å²) in [5.41, 5.74) is 7.18. The van der Waals surface area contributed by atoms with E-state index in [4.69, 9.17) is 18.0 Å². The van der Waals surface area contributed by atoms with Gasteiger partial charge in [-0.2, -0.15) is 5.11 Å². The summed E-state index contributed by atoms with van der Waals surface area (Å²) in [4.78, 5) is 11.2. The third-order valence-electron chi connectivity index (χ3n) is 2.54. The third-order valence-corrected chi connectivity index (χ3v) is 2.79. The molecule has 0 atom stereocenters. The van der Waals surface area contributed by atoms with Crippen LogP contribution in [0.5, 0.6) is 0 Å². The van der Waals surface area contributed by atoms with Gasteiger partial charge in [0.2, 0.25) is 5.91 Å². The highest BCUT2D eigenvalue weighted by atomic mass is 32.1. The fraction of sp³-hybridized carbons (Fsp3) is 0.0667. The normalized spacial score (nSPS) is 10.5. The molecule has 2 aromatic carbocycles.